The minimum atomic E-state index is -0.0566. The third kappa shape index (κ3) is 4.15. The lowest BCUT2D eigenvalue weighted by Crippen LogP contribution is -2.26. The molecular weight excluding hydrogens is 168 g/mol. The van der Waals surface area contributed by atoms with Crippen molar-refractivity contribution in [3.8, 4) is 0 Å². The monoisotopic (exact) mass is 188 g/mol. The average molecular weight is 189 g/mol. The summed E-state index contributed by atoms with van der Waals surface area (Å²) in [4.78, 5) is -0.0566. The van der Waals surface area contributed by atoms with Crippen molar-refractivity contribution in [1.82, 2.24) is 0 Å². The molecule has 0 N–H and O–H groups in total. The van der Waals surface area contributed by atoms with E-state index >= 15 is 0 Å². The molecule has 0 aromatic carbocycles. The first-order chi connectivity index (χ1) is 5.40. The van der Waals surface area contributed by atoms with E-state index in [1.807, 2.05) is 0 Å². The van der Waals surface area contributed by atoms with Gasteiger partial charge in [-0.3, -0.25) is 0 Å². The summed E-state index contributed by atoms with van der Waals surface area (Å²) in [6, 6.07) is 0. The van der Waals surface area contributed by atoms with Crippen molar-refractivity contribution in [2.45, 2.75) is 45.9 Å². The number of rotatable bonds is 4. The van der Waals surface area contributed by atoms with Gasteiger partial charge in [0.05, 0.1) is 0 Å². The van der Waals surface area contributed by atoms with Gasteiger partial charge in [0.25, 0.3) is 0 Å². The first-order valence-electron chi connectivity index (χ1n) is 4.72. The Morgan fingerprint density at radius 3 is 2.17 bits per heavy atom. The number of alkyl halides is 1. The van der Waals surface area contributed by atoms with Gasteiger partial charge in [-0.2, -0.15) is 0 Å². The Balaban J connectivity index is 4.05. The van der Waals surface area contributed by atoms with Crippen molar-refractivity contribution in [1.29, 1.82) is 0 Å². The van der Waals surface area contributed by atoms with Crippen LogP contribution in [0.25, 0.3) is 0 Å². The van der Waals surface area contributed by atoms with Crippen LogP contribution in [0.4, 0.5) is 0 Å². The van der Waals surface area contributed by atoms with Gasteiger partial charge in [0.15, 0.2) is 0 Å². The lowest BCUT2D eigenvalue weighted by atomic mass is 9.87. The fraction of sp³-hybridized carbons (Fsp3) is 0.818. The van der Waals surface area contributed by atoms with Crippen molar-refractivity contribution in [3.63, 3.8) is 0 Å². The largest absolute Gasteiger partial charge is 0.119 e. The van der Waals surface area contributed by atoms with E-state index in [0.29, 0.717) is 11.8 Å². The second kappa shape index (κ2) is 4.91. The molecule has 2 atom stereocenters. The third-order valence-electron chi connectivity index (χ3n) is 2.45. The van der Waals surface area contributed by atoms with Crippen LogP contribution in [-0.4, -0.2) is 4.87 Å². The van der Waals surface area contributed by atoms with Crippen molar-refractivity contribution < 1.29 is 0 Å². The molecule has 72 valence electrons. The molecule has 0 radical (unpaired) electrons. The van der Waals surface area contributed by atoms with Crippen LogP contribution in [0.3, 0.4) is 0 Å². The van der Waals surface area contributed by atoms with Crippen molar-refractivity contribution in [2.24, 2.45) is 11.8 Å². The summed E-state index contributed by atoms with van der Waals surface area (Å²) < 4.78 is 0. The molecule has 0 spiro atoms. The van der Waals surface area contributed by atoms with E-state index in [2.05, 4.69) is 46.8 Å². The quantitative estimate of drug-likeness (QED) is 0.457. The summed E-state index contributed by atoms with van der Waals surface area (Å²) in [5.74, 6) is 1.12. The second-order valence-corrected chi connectivity index (χ2v) is 5.00. The number of allylic oxidation sites excluding steroid dienone is 2. The van der Waals surface area contributed by atoms with E-state index in [9.17, 15) is 0 Å². The lowest BCUT2D eigenvalue weighted by molar-refractivity contribution is 0.392. The topological polar surface area (TPSA) is 0 Å². The highest BCUT2D eigenvalue weighted by Crippen LogP contribution is 2.32. The fourth-order valence-electron chi connectivity index (χ4n) is 1.26. The Morgan fingerprint density at radius 1 is 1.33 bits per heavy atom. The van der Waals surface area contributed by atoms with Crippen molar-refractivity contribution in [3.05, 3.63) is 12.2 Å². The highest BCUT2D eigenvalue weighted by atomic mass is 35.5. The maximum Gasteiger partial charge on any atom is 0.0447 e. The summed E-state index contributed by atoms with van der Waals surface area (Å²) in [6.07, 6.45) is 5.36. The van der Waals surface area contributed by atoms with Gasteiger partial charge in [0, 0.05) is 4.87 Å². The predicted molar refractivity (Wildman–Crippen MR) is 57.7 cm³/mol. The van der Waals surface area contributed by atoms with E-state index in [-0.39, 0.29) is 4.87 Å². The molecule has 12 heavy (non-hydrogen) atoms. The smallest absolute Gasteiger partial charge is 0.0447 e. The van der Waals surface area contributed by atoms with Gasteiger partial charge in [0.2, 0.25) is 0 Å². The molecule has 0 aromatic heterocycles. The summed E-state index contributed by atoms with van der Waals surface area (Å²) >= 11 is 6.37. The average Bonchev–Trinajstić information content (AvgIpc) is 1.85. The van der Waals surface area contributed by atoms with Gasteiger partial charge in [-0.25, -0.2) is 0 Å². The standard InChI is InChI=1S/C11H21Cl/c1-6-7-10(4)8-11(5,12)9(2)3/h6-7,9-10H,8H2,1-5H3/b7-6+/t10-,11+/m0/s1. The van der Waals surface area contributed by atoms with Gasteiger partial charge < -0.3 is 0 Å². The highest BCUT2D eigenvalue weighted by molar-refractivity contribution is 6.23. The lowest BCUT2D eigenvalue weighted by Gasteiger charge is -2.28. The highest BCUT2D eigenvalue weighted by Gasteiger charge is 2.26. The minimum Gasteiger partial charge on any atom is -0.119 e. The summed E-state index contributed by atoms with van der Waals surface area (Å²) in [5, 5.41) is 0. The second-order valence-electron chi connectivity index (χ2n) is 4.14. The molecule has 0 nitrogen and oxygen atoms in total. The van der Waals surface area contributed by atoms with Crippen LogP contribution >= 0.6 is 11.6 Å². The van der Waals surface area contributed by atoms with E-state index in [1.54, 1.807) is 0 Å². The van der Waals surface area contributed by atoms with Gasteiger partial charge in [-0.05, 0) is 32.1 Å². The Labute approximate surface area is 82.0 Å². The van der Waals surface area contributed by atoms with Crippen LogP contribution in [0.5, 0.6) is 0 Å². The zero-order valence-corrected chi connectivity index (χ0v) is 9.65. The molecule has 0 aliphatic carbocycles. The van der Waals surface area contributed by atoms with E-state index < -0.39 is 0 Å². The van der Waals surface area contributed by atoms with Gasteiger partial charge in [-0.1, -0.05) is 32.9 Å². The molecule has 0 fully saturated rings. The molecule has 0 unspecified atom stereocenters. The third-order valence-corrected chi connectivity index (χ3v) is 3.04. The summed E-state index contributed by atoms with van der Waals surface area (Å²) in [5.41, 5.74) is 0. The zero-order valence-electron chi connectivity index (χ0n) is 8.89. The number of hydrogen-bond donors (Lipinski definition) is 0. The molecular formula is C11H21Cl. The first kappa shape index (κ1) is 12.0. The van der Waals surface area contributed by atoms with Gasteiger partial charge in [-0.15, -0.1) is 11.6 Å². The number of halogens is 1. The molecule has 0 aliphatic heterocycles. The van der Waals surface area contributed by atoms with Crippen molar-refractivity contribution in [2.75, 3.05) is 0 Å². The van der Waals surface area contributed by atoms with Crippen LogP contribution in [0.1, 0.15) is 41.0 Å². The maximum absolute atomic E-state index is 6.37. The molecule has 0 amide bonds. The SMILES string of the molecule is C/C=C/[C@H](C)C[C@@](C)(Cl)C(C)C. The predicted octanol–water partition coefficient (Wildman–Crippen LogP) is 4.24. The first-order valence-corrected chi connectivity index (χ1v) is 5.09. The molecule has 0 saturated heterocycles. The number of hydrogen-bond acceptors (Lipinski definition) is 0. The maximum atomic E-state index is 6.37. The van der Waals surface area contributed by atoms with Crippen LogP contribution in [0.15, 0.2) is 12.2 Å². The molecule has 0 saturated carbocycles. The molecule has 0 rings (SSSR count). The fourth-order valence-corrected chi connectivity index (χ4v) is 1.51. The van der Waals surface area contributed by atoms with Crippen LogP contribution in [0, 0.1) is 11.8 Å². The molecule has 0 heterocycles. The summed E-state index contributed by atoms with van der Waals surface area (Å²) in [6.45, 7) is 10.7. The van der Waals surface area contributed by atoms with Crippen LogP contribution in [0.2, 0.25) is 0 Å². The Kier molecular flexibility index (Phi) is 4.92. The van der Waals surface area contributed by atoms with E-state index in [4.69, 9.17) is 11.6 Å². The van der Waals surface area contributed by atoms with Gasteiger partial charge >= 0.3 is 0 Å². The van der Waals surface area contributed by atoms with Crippen molar-refractivity contribution >= 4 is 11.6 Å². The van der Waals surface area contributed by atoms with E-state index in [1.165, 1.54) is 0 Å². The molecule has 0 aliphatic rings. The van der Waals surface area contributed by atoms with Crippen LogP contribution in [-0.2, 0) is 0 Å². The Morgan fingerprint density at radius 2 is 1.83 bits per heavy atom. The van der Waals surface area contributed by atoms with Crippen LogP contribution < -0.4 is 0 Å². The van der Waals surface area contributed by atoms with E-state index in [0.717, 1.165) is 6.42 Å². The Hall–Kier alpha value is 0.0300. The molecule has 1 heteroatoms. The molecule has 0 bridgehead atoms. The Bertz CT molecular complexity index is 145. The zero-order chi connectivity index (χ0) is 9.78. The molecule has 0 aromatic rings. The minimum absolute atomic E-state index is 0.0566. The normalized spacial score (nSPS) is 19.9. The van der Waals surface area contributed by atoms with Gasteiger partial charge in [0.1, 0.15) is 0 Å². The summed E-state index contributed by atoms with van der Waals surface area (Å²) in [7, 11) is 0.